The summed E-state index contributed by atoms with van der Waals surface area (Å²) in [7, 11) is 0. The number of nitrogens with one attached hydrogen (secondary N) is 1. The molecule has 0 saturated carbocycles. The van der Waals surface area contributed by atoms with Crippen LogP contribution >= 0.6 is 11.8 Å². The van der Waals surface area contributed by atoms with Crippen LogP contribution in [0.25, 0.3) is 0 Å². The molecule has 2 aromatic rings. The number of amides is 1. The molecule has 6 nitrogen and oxygen atoms in total. The Kier molecular flexibility index (Phi) is 5.60. The van der Waals surface area contributed by atoms with Crippen LogP contribution in [0.4, 0.5) is 0 Å². The first-order valence-corrected chi connectivity index (χ1v) is 7.64. The lowest BCUT2D eigenvalue weighted by atomic mass is 10.3. The van der Waals surface area contributed by atoms with Crippen LogP contribution in [0.3, 0.4) is 0 Å². The van der Waals surface area contributed by atoms with Crippen LogP contribution in [-0.4, -0.2) is 27.2 Å². The first-order chi connectivity index (χ1) is 10.6. The number of aromatic carboxylic acids is 1. The van der Waals surface area contributed by atoms with E-state index in [1.165, 1.54) is 12.3 Å². The molecule has 2 N–H and O–H groups in total. The lowest BCUT2D eigenvalue weighted by molar-refractivity contribution is -0.120. The van der Waals surface area contributed by atoms with Gasteiger partial charge in [-0.15, -0.1) is 0 Å². The van der Waals surface area contributed by atoms with Crippen LogP contribution in [0.1, 0.15) is 29.5 Å². The molecule has 0 aromatic carbocycles. The van der Waals surface area contributed by atoms with E-state index in [-0.39, 0.29) is 11.5 Å². The van der Waals surface area contributed by atoms with Gasteiger partial charge in [-0.3, -0.25) is 4.79 Å². The van der Waals surface area contributed by atoms with Crippen molar-refractivity contribution < 1.29 is 19.1 Å². The van der Waals surface area contributed by atoms with E-state index in [4.69, 9.17) is 9.52 Å². The number of hydrogen-bond donors (Lipinski definition) is 2. The molecule has 2 rings (SSSR count). The standard InChI is InChI=1S/C15H16N2O4S/c1-2-12(13(18)17-9-10-5-4-8-21-10)22-14-11(15(19)20)6-3-7-16-14/h3-8,12H,2,9H2,1H3,(H,17,18)(H,19,20). The zero-order chi connectivity index (χ0) is 15.9. The number of pyridine rings is 1. The van der Waals surface area contributed by atoms with E-state index in [0.717, 1.165) is 11.8 Å². The average Bonchev–Trinajstić information content (AvgIpc) is 3.04. The zero-order valence-corrected chi connectivity index (χ0v) is 12.8. The maximum absolute atomic E-state index is 12.2. The van der Waals surface area contributed by atoms with Crippen LogP contribution in [0.5, 0.6) is 0 Å². The molecule has 0 aliphatic heterocycles. The quantitative estimate of drug-likeness (QED) is 0.762. The molecule has 1 atom stereocenters. The molecular formula is C15H16N2O4S. The van der Waals surface area contributed by atoms with E-state index < -0.39 is 11.2 Å². The molecule has 0 radical (unpaired) electrons. The number of nitrogens with zero attached hydrogens (tertiary/aromatic N) is 1. The molecule has 1 amide bonds. The number of carboxylic acids is 1. The summed E-state index contributed by atoms with van der Waals surface area (Å²) in [5, 5.41) is 11.9. The van der Waals surface area contributed by atoms with E-state index in [2.05, 4.69) is 10.3 Å². The largest absolute Gasteiger partial charge is 0.478 e. The predicted octanol–water partition coefficient (Wildman–Crippen LogP) is 2.56. The van der Waals surface area contributed by atoms with Crippen molar-refractivity contribution in [3.8, 4) is 0 Å². The van der Waals surface area contributed by atoms with Crippen molar-refractivity contribution in [3.05, 3.63) is 48.0 Å². The molecule has 7 heteroatoms. The highest BCUT2D eigenvalue weighted by atomic mass is 32.2. The lowest BCUT2D eigenvalue weighted by Crippen LogP contribution is -2.32. The number of hydrogen-bond acceptors (Lipinski definition) is 5. The molecule has 1 unspecified atom stereocenters. The summed E-state index contributed by atoms with van der Waals surface area (Å²) in [5.41, 5.74) is 0.102. The molecular weight excluding hydrogens is 304 g/mol. The number of rotatable bonds is 7. The summed E-state index contributed by atoms with van der Waals surface area (Å²) in [6, 6.07) is 6.56. The van der Waals surface area contributed by atoms with Gasteiger partial charge in [-0.1, -0.05) is 18.7 Å². The molecule has 0 aliphatic rings. The molecule has 2 aromatic heterocycles. The highest BCUT2D eigenvalue weighted by Crippen LogP contribution is 2.26. The van der Waals surface area contributed by atoms with E-state index in [1.807, 2.05) is 6.92 Å². The maximum atomic E-state index is 12.2. The monoisotopic (exact) mass is 320 g/mol. The second-order valence-corrected chi connectivity index (χ2v) is 5.66. The summed E-state index contributed by atoms with van der Waals surface area (Å²) in [4.78, 5) is 27.4. The Morgan fingerprint density at radius 2 is 2.23 bits per heavy atom. The van der Waals surface area contributed by atoms with Gasteiger partial charge in [0.15, 0.2) is 0 Å². The number of furan rings is 1. The number of thioether (sulfide) groups is 1. The fourth-order valence-electron chi connectivity index (χ4n) is 1.81. The number of aromatic nitrogens is 1. The lowest BCUT2D eigenvalue weighted by Gasteiger charge is -2.14. The van der Waals surface area contributed by atoms with Crippen molar-refractivity contribution in [2.45, 2.75) is 30.2 Å². The molecule has 116 valence electrons. The van der Waals surface area contributed by atoms with Crippen molar-refractivity contribution >= 4 is 23.6 Å². The van der Waals surface area contributed by atoms with Gasteiger partial charge in [0.25, 0.3) is 0 Å². The van der Waals surface area contributed by atoms with Crippen LogP contribution in [-0.2, 0) is 11.3 Å². The molecule has 0 bridgehead atoms. The van der Waals surface area contributed by atoms with Gasteiger partial charge < -0.3 is 14.8 Å². The minimum absolute atomic E-state index is 0.102. The van der Waals surface area contributed by atoms with E-state index in [9.17, 15) is 9.59 Å². The Morgan fingerprint density at radius 3 is 2.86 bits per heavy atom. The molecule has 0 aliphatic carbocycles. The third-order valence-corrected chi connectivity index (χ3v) is 4.32. The summed E-state index contributed by atoms with van der Waals surface area (Å²) in [6.07, 6.45) is 3.62. The van der Waals surface area contributed by atoms with Crippen molar-refractivity contribution in [3.63, 3.8) is 0 Å². The molecule has 0 spiro atoms. The number of carbonyl (C=O) groups is 2. The van der Waals surface area contributed by atoms with Crippen LogP contribution in [0, 0.1) is 0 Å². The fourth-order valence-corrected chi connectivity index (χ4v) is 2.84. The van der Waals surface area contributed by atoms with Crippen LogP contribution in [0.2, 0.25) is 0 Å². The third kappa shape index (κ3) is 4.11. The van der Waals surface area contributed by atoms with Crippen molar-refractivity contribution in [1.82, 2.24) is 10.3 Å². The van der Waals surface area contributed by atoms with Crippen LogP contribution in [0.15, 0.2) is 46.2 Å². The minimum atomic E-state index is -1.05. The Bertz CT molecular complexity index is 643. The predicted molar refractivity (Wildman–Crippen MR) is 81.7 cm³/mol. The van der Waals surface area contributed by atoms with Gasteiger partial charge in [0, 0.05) is 6.20 Å². The molecule has 2 heterocycles. The first kappa shape index (κ1) is 16.1. The van der Waals surface area contributed by atoms with Gasteiger partial charge in [0.2, 0.25) is 5.91 Å². The van der Waals surface area contributed by atoms with Gasteiger partial charge in [0.05, 0.1) is 23.6 Å². The Balaban J connectivity index is 2.02. The number of carbonyl (C=O) groups excluding carboxylic acids is 1. The fraction of sp³-hybridized carbons (Fsp3) is 0.267. The topological polar surface area (TPSA) is 92.4 Å². The Hall–Kier alpha value is -2.28. The van der Waals surface area contributed by atoms with E-state index >= 15 is 0 Å². The van der Waals surface area contributed by atoms with E-state index in [0.29, 0.717) is 23.8 Å². The SMILES string of the molecule is CCC(Sc1ncccc1C(=O)O)C(=O)NCc1ccco1. The maximum Gasteiger partial charge on any atom is 0.338 e. The third-order valence-electron chi connectivity index (χ3n) is 2.94. The highest BCUT2D eigenvalue weighted by Gasteiger charge is 2.21. The Labute approximate surface area is 131 Å². The zero-order valence-electron chi connectivity index (χ0n) is 12.0. The van der Waals surface area contributed by atoms with Crippen LogP contribution < -0.4 is 5.32 Å². The first-order valence-electron chi connectivity index (χ1n) is 6.77. The smallest absolute Gasteiger partial charge is 0.338 e. The summed E-state index contributed by atoms with van der Waals surface area (Å²) in [5.74, 6) is -0.565. The average molecular weight is 320 g/mol. The van der Waals surface area contributed by atoms with Gasteiger partial charge in [-0.05, 0) is 30.7 Å². The van der Waals surface area contributed by atoms with Crippen molar-refractivity contribution in [2.75, 3.05) is 0 Å². The van der Waals surface area contributed by atoms with Gasteiger partial charge in [-0.25, -0.2) is 9.78 Å². The van der Waals surface area contributed by atoms with E-state index in [1.54, 1.807) is 24.5 Å². The Morgan fingerprint density at radius 1 is 1.41 bits per heavy atom. The minimum Gasteiger partial charge on any atom is -0.478 e. The highest BCUT2D eigenvalue weighted by molar-refractivity contribution is 8.00. The summed E-state index contributed by atoms with van der Waals surface area (Å²) >= 11 is 1.15. The van der Waals surface area contributed by atoms with Crippen molar-refractivity contribution in [1.29, 1.82) is 0 Å². The molecule has 0 fully saturated rings. The normalized spacial score (nSPS) is 11.9. The van der Waals surface area contributed by atoms with Crippen molar-refractivity contribution in [2.24, 2.45) is 0 Å². The molecule has 0 saturated heterocycles. The molecule has 22 heavy (non-hydrogen) atoms. The second kappa shape index (κ2) is 7.65. The summed E-state index contributed by atoms with van der Waals surface area (Å²) < 4.78 is 5.15. The number of carboxylic acid groups (broad SMARTS) is 1. The second-order valence-electron chi connectivity index (χ2n) is 4.47. The van der Waals surface area contributed by atoms with Gasteiger partial charge in [-0.2, -0.15) is 0 Å². The summed E-state index contributed by atoms with van der Waals surface area (Å²) in [6.45, 7) is 2.17. The van der Waals surface area contributed by atoms with Gasteiger partial charge >= 0.3 is 5.97 Å². The van der Waals surface area contributed by atoms with Gasteiger partial charge in [0.1, 0.15) is 10.8 Å².